The summed E-state index contributed by atoms with van der Waals surface area (Å²) in [5.74, 6) is 0. The molecule has 1 fully saturated rings. The van der Waals surface area contributed by atoms with Crippen molar-refractivity contribution in [1.29, 1.82) is 0 Å². The largest absolute Gasteiger partial charge is 0.380 e. The molecule has 0 saturated carbocycles. The third-order valence-electron chi connectivity index (χ3n) is 3.54. The number of hydrogen-bond acceptors (Lipinski definition) is 3. The molecule has 0 aliphatic carbocycles. The number of piperidine rings is 1. The average molecular weight is 200 g/mol. The molecular formula is C11H24N2O. The number of likely N-dealkylation sites (N-methyl/N-ethyl adjacent to an activating group) is 1. The van der Waals surface area contributed by atoms with Crippen molar-refractivity contribution >= 4 is 0 Å². The van der Waals surface area contributed by atoms with Gasteiger partial charge in [0, 0.05) is 25.7 Å². The zero-order valence-electron chi connectivity index (χ0n) is 9.92. The number of hydrogen-bond donors (Lipinski definition) is 1. The Bertz CT molecular complexity index is 155. The molecule has 0 aromatic carbocycles. The maximum atomic E-state index is 5.36. The van der Waals surface area contributed by atoms with Gasteiger partial charge in [0.1, 0.15) is 0 Å². The second kappa shape index (κ2) is 5.69. The molecule has 0 spiro atoms. The van der Waals surface area contributed by atoms with E-state index in [0.717, 1.165) is 6.54 Å². The van der Waals surface area contributed by atoms with Crippen molar-refractivity contribution in [3.05, 3.63) is 0 Å². The SMILES string of the molecule is COC(C)C(C)N(C)C1CCCNC1. The molecule has 3 heteroatoms. The third-order valence-corrected chi connectivity index (χ3v) is 3.54. The van der Waals surface area contributed by atoms with Crippen LogP contribution in [0.1, 0.15) is 26.7 Å². The van der Waals surface area contributed by atoms with Crippen LogP contribution in [0.25, 0.3) is 0 Å². The Morgan fingerprint density at radius 2 is 2.14 bits per heavy atom. The van der Waals surface area contributed by atoms with Crippen LogP contribution in [0.5, 0.6) is 0 Å². The Labute approximate surface area is 87.8 Å². The molecule has 1 aliphatic heterocycles. The standard InChI is InChI=1S/C11H24N2O/c1-9(10(2)14-4)13(3)11-6-5-7-12-8-11/h9-12H,5-8H2,1-4H3. The number of methoxy groups -OCH3 is 1. The molecule has 1 rings (SSSR count). The molecule has 0 aromatic heterocycles. The maximum absolute atomic E-state index is 5.36. The minimum Gasteiger partial charge on any atom is -0.380 e. The van der Waals surface area contributed by atoms with Crippen LogP contribution in [-0.2, 0) is 4.74 Å². The van der Waals surface area contributed by atoms with E-state index in [1.165, 1.54) is 19.4 Å². The Morgan fingerprint density at radius 3 is 2.64 bits per heavy atom. The van der Waals surface area contributed by atoms with Gasteiger partial charge in [-0.05, 0) is 40.3 Å². The first-order chi connectivity index (χ1) is 6.66. The van der Waals surface area contributed by atoms with E-state index in [-0.39, 0.29) is 0 Å². The van der Waals surface area contributed by atoms with E-state index in [4.69, 9.17) is 4.74 Å². The van der Waals surface area contributed by atoms with Crippen molar-refractivity contribution in [3.8, 4) is 0 Å². The third kappa shape index (κ3) is 2.94. The van der Waals surface area contributed by atoms with Crippen molar-refractivity contribution in [2.45, 2.75) is 44.9 Å². The fourth-order valence-corrected chi connectivity index (χ4v) is 2.04. The predicted octanol–water partition coefficient (Wildman–Crippen LogP) is 1.09. The van der Waals surface area contributed by atoms with Crippen LogP contribution in [-0.4, -0.2) is 50.3 Å². The summed E-state index contributed by atoms with van der Waals surface area (Å²) in [5, 5.41) is 3.45. The molecule has 0 radical (unpaired) electrons. The van der Waals surface area contributed by atoms with Gasteiger partial charge in [-0.3, -0.25) is 4.90 Å². The van der Waals surface area contributed by atoms with Crippen molar-refractivity contribution in [1.82, 2.24) is 10.2 Å². The number of ether oxygens (including phenoxy) is 1. The van der Waals surface area contributed by atoms with E-state index < -0.39 is 0 Å². The molecule has 0 bridgehead atoms. The lowest BCUT2D eigenvalue weighted by Crippen LogP contribution is -2.50. The summed E-state index contributed by atoms with van der Waals surface area (Å²) in [6.45, 7) is 6.68. The van der Waals surface area contributed by atoms with Gasteiger partial charge in [0.15, 0.2) is 0 Å². The Kier molecular flexibility index (Phi) is 4.85. The van der Waals surface area contributed by atoms with E-state index in [1.807, 2.05) is 0 Å². The molecule has 1 N–H and O–H groups in total. The molecule has 0 amide bonds. The van der Waals surface area contributed by atoms with Gasteiger partial charge in [0.05, 0.1) is 6.10 Å². The highest BCUT2D eigenvalue weighted by Gasteiger charge is 2.24. The van der Waals surface area contributed by atoms with Crippen LogP contribution in [0, 0.1) is 0 Å². The first kappa shape index (κ1) is 12.0. The fourth-order valence-electron chi connectivity index (χ4n) is 2.04. The maximum Gasteiger partial charge on any atom is 0.0695 e. The van der Waals surface area contributed by atoms with Crippen LogP contribution in [0.2, 0.25) is 0 Å². The minimum absolute atomic E-state index is 0.307. The lowest BCUT2D eigenvalue weighted by molar-refractivity contribution is 0.0224. The zero-order chi connectivity index (χ0) is 10.6. The summed E-state index contributed by atoms with van der Waals surface area (Å²) in [5.41, 5.74) is 0. The summed E-state index contributed by atoms with van der Waals surface area (Å²) in [7, 11) is 3.99. The molecule has 1 saturated heterocycles. The van der Waals surface area contributed by atoms with E-state index in [1.54, 1.807) is 7.11 Å². The Morgan fingerprint density at radius 1 is 1.43 bits per heavy atom. The molecule has 1 heterocycles. The van der Waals surface area contributed by atoms with Crippen LogP contribution >= 0.6 is 0 Å². The Hall–Kier alpha value is -0.120. The van der Waals surface area contributed by atoms with E-state index >= 15 is 0 Å². The van der Waals surface area contributed by atoms with Crippen LogP contribution < -0.4 is 5.32 Å². The van der Waals surface area contributed by atoms with Gasteiger partial charge < -0.3 is 10.1 Å². The lowest BCUT2D eigenvalue weighted by atomic mass is 10.0. The summed E-state index contributed by atoms with van der Waals surface area (Å²) in [6.07, 6.45) is 2.91. The van der Waals surface area contributed by atoms with Crippen LogP contribution in [0.4, 0.5) is 0 Å². The Balaban J connectivity index is 2.41. The van der Waals surface area contributed by atoms with Gasteiger partial charge in [0.25, 0.3) is 0 Å². The van der Waals surface area contributed by atoms with Gasteiger partial charge >= 0.3 is 0 Å². The predicted molar refractivity (Wildman–Crippen MR) is 59.6 cm³/mol. The van der Waals surface area contributed by atoms with Gasteiger partial charge in [-0.25, -0.2) is 0 Å². The average Bonchev–Trinajstić information content (AvgIpc) is 2.27. The molecule has 3 atom stereocenters. The first-order valence-electron chi connectivity index (χ1n) is 5.62. The second-order valence-corrected chi connectivity index (χ2v) is 4.35. The van der Waals surface area contributed by atoms with E-state index in [2.05, 4.69) is 31.1 Å². The van der Waals surface area contributed by atoms with Gasteiger partial charge in [-0.15, -0.1) is 0 Å². The van der Waals surface area contributed by atoms with Crippen molar-refractivity contribution < 1.29 is 4.74 Å². The lowest BCUT2D eigenvalue weighted by Gasteiger charge is -2.37. The summed E-state index contributed by atoms with van der Waals surface area (Å²) >= 11 is 0. The monoisotopic (exact) mass is 200 g/mol. The fraction of sp³-hybridized carbons (Fsp3) is 1.00. The quantitative estimate of drug-likeness (QED) is 0.735. The molecule has 3 unspecified atom stereocenters. The number of nitrogens with zero attached hydrogens (tertiary/aromatic N) is 1. The summed E-state index contributed by atoms with van der Waals surface area (Å²) < 4.78 is 5.36. The van der Waals surface area contributed by atoms with Crippen molar-refractivity contribution in [2.24, 2.45) is 0 Å². The molecule has 1 aliphatic rings. The van der Waals surface area contributed by atoms with Crippen LogP contribution in [0.3, 0.4) is 0 Å². The highest BCUT2D eigenvalue weighted by molar-refractivity contribution is 4.81. The van der Waals surface area contributed by atoms with Crippen LogP contribution in [0.15, 0.2) is 0 Å². The zero-order valence-corrected chi connectivity index (χ0v) is 9.92. The second-order valence-electron chi connectivity index (χ2n) is 4.35. The van der Waals surface area contributed by atoms with Crippen molar-refractivity contribution in [3.63, 3.8) is 0 Å². The first-order valence-corrected chi connectivity index (χ1v) is 5.62. The van der Waals surface area contributed by atoms with Gasteiger partial charge in [-0.1, -0.05) is 0 Å². The van der Waals surface area contributed by atoms with Gasteiger partial charge in [0.2, 0.25) is 0 Å². The molecule has 84 valence electrons. The van der Waals surface area contributed by atoms with Gasteiger partial charge in [-0.2, -0.15) is 0 Å². The van der Waals surface area contributed by atoms with E-state index in [0.29, 0.717) is 18.2 Å². The number of rotatable bonds is 4. The summed E-state index contributed by atoms with van der Waals surface area (Å²) in [4.78, 5) is 2.44. The minimum atomic E-state index is 0.307. The highest BCUT2D eigenvalue weighted by Crippen LogP contribution is 2.14. The highest BCUT2D eigenvalue weighted by atomic mass is 16.5. The van der Waals surface area contributed by atoms with Crippen molar-refractivity contribution in [2.75, 3.05) is 27.2 Å². The molecule has 0 aromatic rings. The molecule has 14 heavy (non-hydrogen) atoms. The summed E-state index contributed by atoms with van der Waals surface area (Å²) in [6, 6.07) is 1.17. The smallest absolute Gasteiger partial charge is 0.0695 e. The molecular weight excluding hydrogens is 176 g/mol. The number of nitrogens with one attached hydrogen (secondary N) is 1. The normalized spacial score (nSPS) is 27.6. The van der Waals surface area contributed by atoms with E-state index in [9.17, 15) is 0 Å². The topological polar surface area (TPSA) is 24.5 Å². The molecule has 3 nitrogen and oxygen atoms in total.